The van der Waals surface area contributed by atoms with E-state index in [0.29, 0.717) is 0 Å². The molecule has 0 atom stereocenters. The number of rotatable bonds is 3. The van der Waals surface area contributed by atoms with Gasteiger partial charge in [-0.25, -0.2) is 0 Å². The van der Waals surface area contributed by atoms with Crippen LogP contribution in [0.3, 0.4) is 0 Å². The van der Waals surface area contributed by atoms with Crippen LogP contribution in [0.4, 0.5) is 0 Å². The normalized spacial score (nSPS) is 14.6. The summed E-state index contributed by atoms with van der Waals surface area (Å²) in [6.07, 6.45) is 4.19. The van der Waals surface area contributed by atoms with Crippen molar-refractivity contribution < 1.29 is 4.74 Å². The SMILES string of the molecule is C=CCc1ccc(C)cc1.CCC1COC1. The molecule has 0 unspecified atom stereocenters. The lowest BCUT2D eigenvalue weighted by molar-refractivity contribution is -0.0331. The third-order valence-corrected chi connectivity index (χ3v) is 2.79. The van der Waals surface area contributed by atoms with E-state index in [2.05, 4.69) is 44.7 Å². The third kappa shape index (κ3) is 4.63. The number of hydrogen-bond acceptors (Lipinski definition) is 1. The van der Waals surface area contributed by atoms with Gasteiger partial charge in [-0.3, -0.25) is 0 Å². The van der Waals surface area contributed by atoms with E-state index in [1.54, 1.807) is 0 Å². The van der Waals surface area contributed by atoms with Crippen LogP contribution in [0, 0.1) is 12.8 Å². The number of hydrogen-bond donors (Lipinski definition) is 0. The Balaban J connectivity index is 0.000000181. The Morgan fingerprint density at radius 3 is 2.25 bits per heavy atom. The van der Waals surface area contributed by atoms with E-state index in [-0.39, 0.29) is 0 Å². The number of allylic oxidation sites excluding steroid dienone is 1. The van der Waals surface area contributed by atoms with Crippen molar-refractivity contribution in [3.05, 3.63) is 48.0 Å². The summed E-state index contributed by atoms with van der Waals surface area (Å²) < 4.78 is 4.93. The van der Waals surface area contributed by atoms with Crippen LogP contribution in [0.15, 0.2) is 36.9 Å². The molecule has 0 radical (unpaired) electrons. The molecule has 1 aliphatic heterocycles. The van der Waals surface area contributed by atoms with Crippen molar-refractivity contribution in [1.29, 1.82) is 0 Å². The molecule has 1 aromatic rings. The minimum atomic E-state index is 0.894. The Kier molecular flexibility index (Phi) is 5.87. The number of ether oxygens (including phenoxy) is 1. The smallest absolute Gasteiger partial charge is 0.0516 e. The molecule has 0 N–H and O–H groups in total. The Morgan fingerprint density at radius 2 is 1.94 bits per heavy atom. The molecule has 1 heterocycles. The average molecular weight is 218 g/mol. The molecule has 0 bridgehead atoms. The van der Waals surface area contributed by atoms with E-state index in [4.69, 9.17) is 4.74 Å². The molecule has 1 aliphatic rings. The molecule has 1 aromatic carbocycles. The third-order valence-electron chi connectivity index (χ3n) is 2.79. The van der Waals surface area contributed by atoms with E-state index in [1.807, 2.05) is 6.08 Å². The second-order valence-corrected chi connectivity index (χ2v) is 4.29. The summed E-state index contributed by atoms with van der Waals surface area (Å²) in [4.78, 5) is 0. The summed E-state index contributed by atoms with van der Waals surface area (Å²) in [5.74, 6) is 0.894. The van der Waals surface area contributed by atoms with Crippen molar-refractivity contribution in [2.24, 2.45) is 5.92 Å². The molecule has 0 amide bonds. The minimum absolute atomic E-state index is 0.894. The Hall–Kier alpha value is -1.08. The maximum Gasteiger partial charge on any atom is 0.0516 e. The lowest BCUT2D eigenvalue weighted by atomic mass is 10.1. The van der Waals surface area contributed by atoms with Crippen LogP contribution < -0.4 is 0 Å². The van der Waals surface area contributed by atoms with Gasteiger partial charge in [-0.1, -0.05) is 42.8 Å². The fraction of sp³-hybridized carbons (Fsp3) is 0.467. The van der Waals surface area contributed by atoms with Crippen molar-refractivity contribution in [3.63, 3.8) is 0 Å². The molecule has 1 heteroatoms. The molecule has 0 spiro atoms. The van der Waals surface area contributed by atoms with Crippen LogP contribution in [0.25, 0.3) is 0 Å². The standard InChI is InChI=1S/C10H12.C5H10O/c1-3-4-10-7-5-9(2)6-8-10;1-2-5-3-6-4-5/h3,5-8H,1,4H2,2H3;5H,2-4H2,1H3. The highest BCUT2D eigenvalue weighted by atomic mass is 16.5. The van der Waals surface area contributed by atoms with Gasteiger partial charge < -0.3 is 4.74 Å². The second kappa shape index (κ2) is 7.24. The average Bonchev–Trinajstić information content (AvgIpc) is 2.21. The zero-order chi connectivity index (χ0) is 11.8. The Bertz CT molecular complexity index is 293. The van der Waals surface area contributed by atoms with Gasteiger partial charge in [-0.15, -0.1) is 6.58 Å². The van der Waals surface area contributed by atoms with Crippen molar-refractivity contribution in [2.45, 2.75) is 26.7 Å². The first-order valence-corrected chi connectivity index (χ1v) is 6.00. The van der Waals surface area contributed by atoms with Gasteiger partial charge >= 0.3 is 0 Å². The number of aryl methyl sites for hydroxylation is 1. The van der Waals surface area contributed by atoms with Gasteiger partial charge in [0, 0.05) is 5.92 Å². The van der Waals surface area contributed by atoms with Gasteiger partial charge in [0.2, 0.25) is 0 Å². The molecule has 1 nitrogen and oxygen atoms in total. The van der Waals surface area contributed by atoms with Crippen LogP contribution in [0.1, 0.15) is 24.5 Å². The fourth-order valence-electron chi connectivity index (χ4n) is 1.41. The quantitative estimate of drug-likeness (QED) is 0.702. The topological polar surface area (TPSA) is 9.23 Å². The van der Waals surface area contributed by atoms with E-state index >= 15 is 0 Å². The van der Waals surface area contributed by atoms with Crippen LogP contribution in [-0.2, 0) is 11.2 Å². The first-order chi connectivity index (χ1) is 7.76. The lowest BCUT2D eigenvalue weighted by Crippen LogP contribution is -2.26. The first kappa shape index (κ1) is 13.0. The summed E-state index contributed by atoms with van der Waals surface area (Å²) in [5.41, 5.74) is 2.65. The van der Waals surface area contributed by atoms with Crippen LogP contribution in [-0.4, -0.2) is 13.2 Å². The predicted molar refractivity (Wildman–Crippen MR) is 69.7 cm³/mol. The van der Waals surface area contributed by atoms with Crippen molar-refractivity contribution in [1.82, 2.24) is 0 Å². The highest BCUT2D eigenvalue weighted by molar-refractivity contribution is 5.22. The van der Waals surface area contributed by atoms with E-state index in [0.717, 1.165) is 25.6 Å². The largest absolute Gasteiger partial charge is 0.381 e. The van der Waals surface area contributed by atoms with E-state index < -0.39 is 0 Å². The number of benzene rings is 1. The molecule has 2 rings (SSSR count). The molecular formula is C15H22O. The molecule has 16 heavy (non-hydrogen) atoms. The highest BCUT2D eigenvalue weighted by Gasteiger charge is 2.14. The van der Waals surface area contributed by atoms with Crippen molar-refractivity contribution in [2.75, 3.05) is 13.2 Å². The maximum atomic E-state index is 4.93. The molecule has 88 valence electrons. The van der Waals surface area contributed by atoms with E-state index in [9.17, 15) is 0 Å². The van der Waals surface area contributed by atoms with Gasteiger partial charge in [0.05, 0.1) is 13.2 Å². The van der Waals surface area contributed by atoms with Gasteiger partial charge in [0.25, 0.3) is 0 Å². The zero-order valence-electron chi connectivity index (χ0n) is 10.4. The van der Waals surface area contributed by atoms with Crippen LogP contribution in [0.5, 0.6) is 0 Å². The predicted octanol–water partition coefficient (Wildman–Crippen LogP) is 3.77. The molecule has 1 fully saturated rings. The first-order valence-electron chi connectivity index (χ1n) is 6.00. The summed E-state index contributed by atoms with van der Waals surface area (Å²) in [6.45, 7) is 10.00. The Morgan fingerprint density at radius 1 is 1.31 bits per heavy atom. The van der Waals surface area contributed by atoms with Crippen molar-refractivity contribution >= 4 is 0 Å². The van der Waals surface area contributed by atoms with E-state index in [1.165, 1.54) is 17.5 Å². The highest BCUT2D eigenvalue weighted by Crippen LogP contribution is 2.12. The summed E-state index contributed by atoms with van der Waals surface area (Å²) >= 11 is 0. The maximum absolute atomic E-state index is 4.93. The van der Waals surface area contributed by atoms with Crippen molar-refractivity contribution in [3.8, 4) is 0 Å². The molecule has 1 saturated heterocycles. The summed E-state index contributed by atoms with van der Waals surface area (Å²) in [5, 5.41) is 0. The lowest BCUT2D eigenvalue weighted by Gasteiger charge is -2.23. The molecule has 0 aromatic heterocycles. The summed E-state index contributed by atoms with van der Waals surface area (Å²) in [7, 11) is 0. The minimum Gasteiger partial charge on any atom is -0.381 e. The Labute approximate surface area is 99.1 Å². The van der Waals surface area contributed by atoms with Crippen LogP contribution in [0.2, 0.25) is 0 Å². The van der Waals surface area contributed by atoms with Crippen LogP contribution >= 0.6 is 0 Å². The summed E-state index contributed by atoms with van der Waals surface area (Å²) in [6, 6.07) is 8.52. The molecular weight excluding hydrogens is 196 g/mol. The molecule has 0 aliphatic carbocycles. The van der Waals surface area contributed by atoms with Gasteiger partial charge in [-0.05, 0) is 25.3 Å². The monoisotopic (exact) mass is 218 g/mol. The van der Waals surface area contributed by atoms with Gasteiger partial charge in [0.1, 0.15) is 0 Å². The zero-order valence-corrected chi connectivity index (χ0v) is 10.4. The fourth-order valence-corrected chi connectivity index (χ4v) is 1.41. The molecule has 0 saturated carbocycles. The van der Waals surface area contributed by atoms with Gasteiger partial charge in [0.15, 0.2) is 0 Å². The van der Waals surface area contributed by atoms with Gasteiger partial charge in [-0.2, -0.15) is 0 Å². The second-order valence-electron chi connectivity index (χ2n) is 4.29.